The Labute approximate surface area is 162 Å². The number of aromatic nitrogens is 2. The molecular weight excluding hydrogens is 360 g/mol. The van der Waals surface area contributed by atoms with Crippen molar-refractivity contribution in [1.29, 1.82) is 0 Å². The van der Waals surface area contributed by atoms with E-state index in [4.69, 9.17) is 0 Å². The van der Waals surface area contributed by atoms with Crippen molar-refractivity contribution in [3.05, 3.63) is 90.8 Å². The maximum Gasteiger partial charge on any atom is 0.277 e. The molecule has 0 amide bonds. The number of halogens is 2. The van der Waals surface area contributed by atoms with E-state index in [2.05, 4.69) is 33.8 Å². The summed E-state index contributed by atoms with van der Waals surface area (Å²) in [4.78, 5) is 8.71. The van der Waals surface area contributed by atoms with E-state index < -0.39 is 12.5 Å². The van der Waals surface area contributed by atoms with Gasteiger partial charge in [0.1, 0.15) is 0 Å². The lowest BCUT2D eigenvalue weighted by Gasteiger charge is -2.22. The molecule has 0 spiro atoms. The summed E-state index contributed by atoms with van der Waals surface area (Å²) in [6, 6.07) is 5.09. The summed E-state index contributed by atoms with van der Waals surface area (Å²) in [5, 5.41) is 6.05. The summed E-state index contributed by atoms with van der Waals surface area (Å²) in [5.41, 5.74) is 2.66. The molecule has 0 aliphatic carbocycles. The second kappa shape index (κ2) is 8.47. The minimum Gasteiger partial charge on any atom is -0.372 e. The van der Waals surface area contributed by atoms with Crippen molar-refractivity contribution in [2.24, 2.45) is 12.0 Å². The zero-order chi connectivity index (χ0) is 20.1. The van der Waals surface area contributed by atoms with Crippen LogP contribution in [0.5, 0.6) is 0 Å². The van der Waals surface area contributed by atoms with Crippen LogP contribution in [-0.2, 0) is 7.05 Å². The van der Waals surface area contributed by atoms with E-state index in [-0.39, 0.29) is 5.70 Å². The summed E-state index contributed by atoms with van der Waals surface area (Å²) in [6.45, 7) is 7.78. The van der Waals surface area contributed by atoms with Crippen LogP contribution in [0.4, 0.5) is 14.5 Å². The zero-order valence-electron chi connectivity index (χ0n) is 15.4. The number of anilines is 1. The number of nitrogens with zero attached hydrogens (tertiary/aromatic N) is 3. The Kier molecular flexibility index (Phi) is 5.84. The average Bonchev–Trinajstić information content (AvgIpc) is 3.13. The van der Waals surface area contributed by atoms with Crippen molar-refractivity contribution < 1.29 is 8.78 Å². The molecule has 0 saturated heterocycles. The molecule has 7 heteroatoms. The van der Waals surface area contributed by atoms with Gasteiger partial charge in [0.25, 0.3) is 6.43 Å². The molecule has 5 nitrogen and oxygen atoms in total. The normalized spacial score (nSPS) is 16.5. The number of pyridine rings is 1. The maximum absolute atomic E-state index is 13.0. The number of aliphatic imine (C=N–C) groups is 1. The summed E-state index contributed by atoms with van der Waals surface area (Å²) >= 11 is 0. The molecule has 0 aromatic carbocycles. The Morgan fingerprint density at radius 1 is 1.43 bits per heavy atom. The van der Waals surface area contributed by atoms with Crippen LogP contribution < -0.4 is 10.6 Å². The van der Waals surface area contributed by atoms with Gasteiger partial charge < -0.3 is 15.2 Å². The second-order valence-electron chi connectivity index (χ2n) is 6.18. The van der Waals surface area contributed by atoms with E-state index >= 15 is 0 Å². The Hall–Kier alpha value is -3.48. The molecule has 2 aromatic heterocycles. The first-order valence-electron chi connectivity index (χ1n) is 8.65. The standard InChI is InChI=1S/C21H21F2N5/c1-4-15-13-24-11-10-17(15)27-21(19-9-6-12-28(19)3)25-14(2)16-7-5-8-18(26-16)20(22)23/h4-13,16,20,26H,1-2H2,3H3,(H,24,25,27). The van der Waals surface area contributed by atoms with Gasteiger partial charge in [-0.25, -0.2) is 13.8 Å². The van der Waals surface area contributed by atoms with Gasteiger partial charge >= 0.3 is 0 Å². The van der Waals surface area contributed by atoms with Gasteiger partial charge in [0.2, 0.25) is 0 Å². The fraction of sp³-hybridized carbons (Fsp3) is 0.143. The lowest BCUT2D eigenvalue weighted by Crippen LogP contribution is -2.33. The first-order chi connectivity index (χ1) is 13.5. The van der Waals surface area contributed by atoms with Gasteiger partial charge in [0.05, 0.1) is 28.8 Å². The maximum atomic E-state index is 13.0. The first kappa shape index (κ1) is 19.3. The van der Waals surface area contributed by atoms with E-state index in [9.17, 15) is 8.78 Å². The molecule has 28 heavy (non-hydrogen) atoms. The quantitative estimate of drug-likeness (QED) is 0.585. The van der Waals surface area contributed by atoms with Gasteiger partial charge in [0.15, 0.2) is 5.84 Å². The predicted molar refractivity (Wildman–Crippen MR) is 109 cm³/mol. The molecule has 0 saturated carbocycles. The van der Waals surface area contributed by atoms with Crippen molar-refractivity contribution in [3.8, 4) is 0 Å². The van der Waals surface area contributed by atoms with Crippen LogP contribution in [0, 0.1) is 0 Å². The fourth-order valence-electron chi connectivity index (χ4n) is 2.76. The van der Waals surface area contributed by atoms with E-state index in [1.165, 1.54) is 6.08 Å². The predicted octanol–water partition coefficient (Wildman–Crippen LogP) is 4.11. The molecule has 3 rings (SSSR count). The summed E-state index contributed by atoms with van der Waals surface area (Å²) < 4.78 is 27.9. The summed E-state index contributed by atoms with van der Waals surface area (Å²) in [7, 11) is 1.90. The average molecular weight is 381 g/mol. The number of amidine groups is 1. The van der Waals surface area contributed by atoms with Crippen LogP contribution in [0.3, 0.4) is 0 Å². The third kappa shape index (κ3) is 4.25. The van der Waals surface area contributed by atoms with E-state index in [0.717, 1.165) is 16.9 Å². The monoisotopic (exact) mass is 381 g/mol. The third-order valence-electron chi connectivity index (χ3n) is 4.26. The minimum absolute atomic E-state index is 0.152. The van der Waals surface area contributed by atoms with Crippen molar-refractivity contribution in [2.75, 3.05) is 5.32 Å². The number of rotatable bonds is 6. The van der Waals surface area contributed by atoms with Gasteiger partial charge in [0, 0.05) is 31.2 Å². The first-order valence-corrected chi connectivity index (χ1v) is 8.65. The lowest BCUT2D eigenvalue weighted by atomic mass is 10.1. The van der Waals surface area contributed by atoms with Gasteiger partial charge in [-0.2, -0.15) is 0 Å². The van der Waals surface area contributed by atoms with Crippen LogP contribution in [0.25, 0.3) is 6.08 Å². The number of allylic oxidation sites excluding steroid dienone is 3. The highest BCUT2D eigenvalue weighted by Gasteiger charge is 2.20. The molecule has 0 fully saturated rings. The molecule has 2 aromatic rings. The Bertz CT molecular complexity index is 969. The molecule has 0 bridgehead atoms. The Balaban J connectivity index is 1.92. The molecular formula is C21H21F2N5. The fourth-order valence-corrected chi connectivity index (χ4v) is 2.76. The molecule has 1 atom stereocenters. The van der Waals surface area contributed by atoms with Crippen molar-refractivity contribution in [1.82, 2.24) is 14.9 Å². The van der Waals surface area contributed by atoms with Gasteiger partial charge in [-0.3, -0.25) is 4.98 Å². The van der Waals surface area contributed by atoms with Gasteiger partial charge in [-0.05, 0) is 24.3 Å². The molecule has 1 aliphatic rings. The number of nitrogens with one attached hydrogen (secondary N) is 2. The lowest BCUT2D eigenvalue weighted by molar-refractivity contribution is 0.178. The zero-order valence-corrected chi connectivity index (χ0v) is 15.4. The molecule has 1 aliphatic heterocycles. The van der Waals surface area contributed by atoms with Crippen LogP contribution in [0.1, 0.15) is 11.3 Å². The van der Waals surface area contributed by atoms with E-state index in [1.54, 1.807) is 30.6 Å². The molecule has 2 N–H and O–H groups in total. The van der Waals surface area contributed by atoms with Crippen LogP contribution in [-0.4, -0.2) is 27.9 Å². The second-order valence-corrected chi connectivity index (χ2v) is 6.18. The minimum atomic E-state index is -2.58. The number of aryl methyl sites for hydroxylation is 1. The van der Waals surface area contributed by atoms with Gasteiger partial charge in [-0.1, -0.05) is 31.4 Å². The Morgan fingerprint density at radius 2 is 2.25 bits per heavy atom. The highest BCUT2D eigenvalue weighted by Crippen LogP contribution is 2.19. The van der Waals surface area contributed by atoms with Crippen LogP contribution in [0.2, 0.25) is 0 Å². The highest BCUT2D eigenvalue weighted by molar-refractivity contribution is 6.08. The van der Waals surface area contributed by atoms with Crippen LogP contribution in [0.15, 0.2) is 84.6 Å². The SMILES string of the molecule is C=Cc1cnccc1N/C(=N/C(=C)C1C=CC=C(C(F)F)N1)c1cccn1C. The summed E-state index contributed by atoms with van der Waals surface area (Å²) in [6.07, 6.45) is 9.03. The summed E-state index contributed by atoms with van der Waals surface area (Å²) in [5.74, 6) is 0.537. The largest absolute Gasteiger partial charge is 0.372 e. The molecule has 1 unspecified atom stereocenters. The molecule has 3 heterocycles. The topological polar surface area (TPSA) is 54.2 Å². The van der Waals surface area contributed by atoms with Gasteiger partial charge in [-0.15, -0.1) is 0 Å². The smallest absolute Gasteiger partial charge is 0.277 e. The number of hydrogen-bond donors (Lipinski definition) is 2. The van der Waals surface area contributed by atoms with Crippen molar-refractivity contribution >= 4 is 17.6 Å². The third-order valence-corrected chi connectivity index (χ3v) is 4.26. The van der Waals surface area contributed by atoms with Crippen molar-refractivity contribution in [2.45, 2.75) is 12.5 Å². The number of alkyl halides is 2. The number of dihydropyridines is 1. The highest BCUT2D eigenvalue weighted by atomic mass is 19.3. The Morgan fingerprint density at radius 3 is 2.93 bits per heavy atom. The van der Waals surface area contributed by atoms with E-state index in [0.29, 0.717) is 11.5 Å². The van der Waals surface area contributed by atoms with E-state index in [1.807, 2.05) is 36.0 Å². The molecule has 0 radical (unpaired) electrons. The molecule has 144 valence electrons. The number of hydrogen-bond acceptors (Lipinski definition) is 3. The van der Waals surface area contributed by atoms with Crippen LogP contribution >= 0.6 is 0 Å². The van der Waals surface area contributed by atoms with Crippen molar-refractivity contribution in [3.63, 3.8) is 0 Å².